The molecule has 2 heterocycles. The van der Waals surface area contributed by atoms with Gasteiger partial charge in [0, 0.05) is 30.9 Å². The first-order valence-corrected chi connectivity index (χ1v) is 10.2. The number of aromatic nitrogens is 2. The number of anilines is 1. The standard InChI is InChI=1S/C18H23FN4O2S/c1-3-15-11-18(21-13(2)20-15)23-9-5-7-16(12-23)22-26(24,25)17-8-4-6-14(19)10-17/h4,6,8,10-11,16,22H,3,5,7,9,12H2,1-2H3. The predicted octanol–water partition coefficient (Wildman–Crippen LogP) is 2.43. The minimum atomic E-state index is -3.76. The molecule has 2 aromatic rings. The van der Waals surface area contributed by atoms with Crippen LogP contribution >= 0.6 is 0 Å². The van der Waals surface area contributed by atoms with Crippen molar-refractivity contribution in [2.45, 2.75) is 44.0 Å². The molecule has 26 heavy (non-hydrogen) atoms. The maximum absolute atomic E-state index is 13.4. The summed E-state index contributed by atoms with van der Waals surface area (Å²) in [5.74, 6) is 0.965. The number of benzene rings is 1. The van der Waals surface area contributed by atoms with Gasteiger partial charge in [-0.3, -0.25) is 0 Å². The number of piperidine rings is 1. The quantitative estimate of drug-likeness (QED) is 0.865. The van der Waals surface area contributed by atoms with Crippen LogP contribution in [0.15, 0.2) is 35.2 Å². The van der Waals surface area contributed by atoms with Crippen molar-refractivity contribution >= 4 is 15.8 Å². The molecule has 140 valence electrons. The number of nitrogens with zero attached hydrogens (tertiary/aromatic N) is 3. The summed E-state index contributed by atoms with van der Waals surface area (Å²) in [4.78, 5) is 10.9. The monoisotopic (exact) mass is 378 g/mol. The zero-order valence-electron chi connectivity index (χ0n) is 14.9. The van der Waals surface area contributed by atoms with Gasteiger partial charge >= 0.3 is 0 Å². The molecule has 0 aliphatic carbocycles. The average Bonchev–Trinajstić information content (AvgIpc) is 2.61. The van der Waals surface area contributed by atoms with Crippen LogP contribution in [-0.4, -0.2) is 37.5 Å². The fourth-order valence-electron chi connectivity index (χ4n) is 3.16. The van der Waals surface area contributed by atoms with Crippen LogP contribution in [0.2, 0.25) is 0 Å². The summed E-state index contributed by atoms with van der Waals surface area (Å²) in [5.41, 5.74) is 0.968. The lowest BCUT2D eigenvalue weighted by Gasteiger charge is -2.34. The Morgan fingerprint density at radius 1 is 1.31 bits per heavy atom. The molecule has 1 aliphatic heterocycles. The number of aryl methyl sites for hydroxylation is 2. The zero-order valence-corrected chi connectivity index (χ0v) is 15.8. The van der Waals surface area contributed by atoms with Gasteiger partial charge in [-0.1, -0.05) is 13.0 Å². The van der Waals surface area contributed by atoms with Crippen LogP contribution in [0.4, 0.5) is 10.2 Å². The summed E-state index contributed by atoms with van der Waals surface area (Å²) in [6, 6.07) is 6.75. The van der Waals surface area contributed by atoms with Gasteiger partial charge in [0.2, 0.25) is 10.0 Å². The summed E-state index contributed by atoms with van der Waals surface area (Å²) in [5, 5.41) is 0. The Hall–Kier alpha value is -2.06. The van der Waals surface area contributed by atoms with Crippen LogP contribution in [0.5, 0.6) is 0 Å². The van der Waals surface area contributed by atoms with E-state index in [-0.39, 0.29) is 10.9 Å². The van der Waals surface area contributed by atoms with Crippen molar-refractivity contribution in [3.63, 3.8) is 0 Å². The van der Waals surface area contributed by atoms with Gasteiger partial charge in [0.15, 0.2) is 0 Å². The van der Waals surface area contributed by atoms with Crippen molar-refractivity contribution < 1.29 is 12.8 Å². The van der Waals surface area contributed by atoms with E-state index in [1.807, 2.05) is 19.9 Å². The largest absolute Gasteiger partial charge is 0.355 e. The molecule has 8 heteroatoms. The molecule has 1 atom stereocenters. The van der Waals surface area contributed by atoms with E-state index in [0.29, 0.717) is 12.4 Å². The van der Waals surface area contributed by atoms with E-state index in [0.717, 1.165) is 43.4 Å². The van der Waals surface area contributed by atoms with E-state index in [4.69, 9.17) is 0 Å². The third-order valence-electron chi connectivity index (χ3n) is 4.41. The molecule has 1 aromatic carbocycles. The van der Waals surface area contributed by atoms with Crippen LogP contribution in [0.3, 0.4) is 0 Å². The molecule has 3 rings (SSSR count). The molecular formula is C18H23FN4O2S. The Kier molecular flexibility index (Phi) is 5.52. The van der Waals surface area contributed by atoms with Crippen LogP contribution in [-0.2, 0) is 16.4 Å². The fourth-order valence-corrected chi connectivity index (χ4v) is 4.45. The van der Waals surface area contributed by atoms with Crippen molar-refractivity contribution in [3.05, 3.63) is 47.7 Å². The Balaban J connectivity index is 1.75. The Labute approximate surface area is 153 Å². The second-order valence-corrected chi connectivity index (χ2v) is 8.20. The van der Waals surface area contributed by atoms with Crippen molar-refractivity contribution in [2.24, 2.45) is 0 Å². The van der Waals surface area contributed by atoms with Crippen LogP contribution < -0.4 is 9.62 Å². The van der Waals surface area contributed by atoms with Crippen LogP contribution in [0, 0.1) is 12.7 Å². The highest BCUT2D eigenvalue weighted by atomic mass is 32.2. The first-order valence-electron chi connectivity index (χ1n) is 8.75. The maximum atomic E-state index is 13.4. The average molecular weight is 378 g/mol. The number of rotatable bonds is 5. The van der Waals surface area contributed by atoms with Crippen molar-refractivity contribution in [3.8, 4) is 0 Å². The maximum Gasteiger partial charge on any atom is 0.240 e. The minimum absolute atomic E-state index is 0.0548. The molecule has 0 saturated carbocycles. The molecule has 1 aromatic heterocycles. The topological polar surface area (TPSA) is 75.2 Å². The lowest BCUT2D eigenvalue weighted by atomic mass is 10.1. The number of nitrogens with one attached hydrogen (secondary N) is 1. The van der Waals surface area contributed by atoms with Gasteiger partial charge in [-0.15, -0.1) is 0 Å². The third-order valence-corrected chi connectivity index (χ3v) is 5.93. The highest BCUT2D eigenvalue weighted by Crippen LogP contribution is 2.21. The van der Waals surface area contributed by atoms with Gasteiger partial charge < -0.3 is 4.90 Å². The lowest BCUT2D eigenvalue weighted by molar-refractivity contribution is 0.463. The second-order valence-electron chi connectivity index (χ2n) is 6.48. The summed E-state index contributed by atoms with van der Waals surface area (Å²) in [6.07, 6.45) is 2.40. The number of halogens is 1. The smallest absolute Gasteiger partial charge is 0.240 e. The number of hydrogen-bond acceptors (Lipinski definition) is 5. The Morgan fingerprint density at radius 2 is 2.12 bits per heavy atom. The van der Waals surface area contributed by atoms with Gasteiger partial charge in [0.05, 0.1) is 4.90 Å². The molecule has 1 fully saturated rings. The third kappa shape index (κ3) is 4.37. The summed E-state index contributed by atoms with van der Waals surface area (Å²) in [6.45, 7) is 5.24. The summed E-state index contributed by atoms with van der Waals surface area (Å²) < 4.78 is 41.1. The number of hydrogen-bond donors (Lipinski definition) is 1. The first kappa shape index (κ1) is 18.7. The summed E-state index contributed by atoms with van der Waals surface area (Å²) in [7, 11) is -3.76. The SMILES string of the molecule is CCc1cc(N2CCCC(NS(=O)(=O)c3cccc(F)c3)C2)nc(C)n1. The first-order chi connectivity index (χ1) is 12.4. The second kappa shape index (κ2) is 7.67. The van der Waals surface area contributed by atoms with Crippen molar-refractivity contribution in [1.82, 2.24) is 14.7 Å². The van der Waals surface area contributed by atoms with E-state index >= 15 is 0 Å². The molecule has 1 unspecified atom stereocenters. The molecule has 0 amide bonds. The van der Waals surface area contributed by atoms with E-state index in [2.05, 4.69) is 19.6 Å². The van der Waals surface area contributed by atoms with Gasteiger partial charge in [0.25, 0.3) is 0 Å². The van der Waals surface area contributed by atoms with Crippen LogP contribution in [0.1, 0.15) is 31.3 Å². The lowest BCUT2D eigenvalue weighted by Crippen LogP contribution is -2.48. The Morgan fingerprint density at radius 3 is 2.85 bits per heavy atom. The molecule has 1 aliphatic rings. The highest BCUT2D eigenvalue weighted by Gasteiger charge is 2.26. The molecular weight excluding hydrogens is 355 g/mol. The molecule has 1 saturated heterocycles. The predicted molar refractivity (Wildman–Crippen MR) is 98.1 cm³/mol. The zero-order chi connectivity index (χ0) is 18.7. The van der Waals surface area contributed by atoms with Gasteiger partial charge in [-0.2, -0.15) is 0 Å². The molecule has 0 radical (unpaired) electrons. The normalized spacial score (nSPS) is 18.1. The molecule has 0 spiro atoms. The number of sulfonamides is 1. The van der Waals surface area contributed by atoms with E-state index < -0.39 is 15.8 Å². The Bertz CT molecular complexity index is 889. The van der Waals surface area contributed by atoms with Gasteiger partial charge in [0.1, 0.15) is 17.5 Å². The molecule has 1 N–H and O–H groups in total. The molecule has 6 nitrogen and oxygen atoms in total. The minimum Gasteiger partial charge on any atom is -0.355 e. The van der Waals surface area contributed by atoms with E-state index in [1.54, 1.807) is 0 Å². The van der Waals surface area contributed by atoms with Gasteiger partial charge in [-0.05, 0) is 44.4 Å². The van der Waals surface area contributed by atoms with E-state index in [1.165, 1.54) is 18.2 Å². The highest BCUT2D eigenvalue weighted by molar-refractivity contribution is 7.89. The van der Waals surface area contributed by atoms with Gasteiger partial charge in [-0.25, -0.2) is 27.5 Å². The molecule has 0 bridgehead atoms. The van der Waals surface area contributed by atoms with Crippen LogP contribution in [0.25, 0.3) is 0 Å². The summed E-state index contributed by atoms with van der Waals surface area (Å²) >= 11 is 0. The fraction of sp³-hybridized carbons (Fsp3) is 0.444. The van der Waals surface area contributed by atoms with Crippen molar-refractivity contribution in [2.75, 3.05) is 18.0 Å². The van der Waals surface area contributed by atoms with Crippen molar-refractivity contribution in [1.29, 1.82) is 0 Å². The van der Waals surface area contributed by atoms with E-state index in [9.17, 15) is 12.8 Å².